The molecule has 3 aromatic rings. The van der Waals surface area contributed by atoms with E-state index in [-0.39, 0.29) is 18.1 Å². The zero-order valence-corrected chi connectivity index (χ0v) is 17.2. The van der Waals surface area contributed by atoms with E-state index in [2.05, 4.69) is 4.98 Å². The van der Waals surface area contributed by atoms with Crippen LogP contribution in [0.25, 0.3) is 10.6 Å². The summed E-state index contributed by atoms with van der Waals surface area (Å²) >= 11 is 1.31. The molecule has 0 aliphatic heterocycles. The van der Waals surface area contributed by atoms with Crippen molar-refractivity contribution in [2.75, 3.05) is 20.8 Å². The van der Waals surface area contributed by atoms with Crippen molar-refractivity contribution >= 4 is 23.1 Å². The number of nitrogens with zero attached hydrogens (tertiary/aromatic N) is 1. The number of hydrogen-bond acceptors (Lipinski definition) is 7. The highest BCUT2D eigenvalue weighted by Gasteiger charge is 2.16. The average Bonchev–Trinajstić information content (AvgIpc) is 3.27. The van der Waals surface area contributed by atoms with Gasteiger partial charge < -0.3 is 14.2 Å². The van der Waals surface area contributed by atoms with Gasteiger partial charge in [-0.1, -0.05) is 31.2 Å². The van der Waals surface area contributed by atoms with Crippen LogP contribution in [0, 0.1) is 0 Å². The Balaban J connectivity index is 1.65. The monoisotopic (exact) mass is 411 g/mol. The molecule has 0 fully saturated rings. The summed E-state index contributed by atoms with van der Waals surface area (Å²) in [6.07, 6.45) is 0.898. The second kappa shape index (κ2) is 9.34. The van der Waals surface area contributed by atoms with Crippen LogP contribution < -0.4 is 9.47 Å². The van der Waals surface area contributed by atoms with Crippen molar-refractivity contribution in [1.82, 2.24) is 4.98 Å². The fourth-order valence-corrected chi connectivity index (χ4v) is 3.47. The van der Waals surface area contributed by atoms with Crippen molar-refractivity contribution in [2.45, 2.75) is 13.3 Å². The van der Waals surface area contributed by atoms with Gasteiger partial charge in [0.25, 0.3) is 0 Å². The minimum Gasteiger partial charge on any atom is -0.493 e. The number of aryl methyl sites for hydroxylation is 1. The third-order valence-electron chi connectivity index (χ3n) is 4.36. The number of ether oxygens (including phenoxy) is 3. The molecule has 29 heavy (non-hydrogen) atoms. The van der Waals surface area contributed by atoms with Gasteiger partial charge in [0.2, 0.25) is 0 Å². The predicted octanol–water partition coefficient (Wildman–Crippen LogP) is 4.43. The molecule has 0 bridgehead atoms. The number of aromatic nitrogens is 1. The molecule has 0 aliphatic rings. The SMILES string of the molecule is CCc1ccc(C(=O)COC(=O)c2csc(-c3ccc(OC)c(OC)c3)n2)cc1. The quantitative estimate of drug-likeness (QED) is 0.403. The molecular formula is C22H21NO5S. The van der Waals surface area contributed by atoms with Crippen LogP contribution in [-0.2, 0) is 11.2 Å². The van der Waals surface area contributed by atoms with Crippen LogP contribution in [0.5, 0.6) is 11.5 Å². The Kier molecular flexibility index (Phi) is 6.61. The Morgan fingerprint density at radius 3 is 2.38 bits per heavy atom. The standard InChI is InChI=1S/C22H21NO5S/c1-4-14-5-7-15(8-6-14)18(24)12-28-22(25)17-13-29-21(23-17)16-9-10-19(26-2)20(11-16)27-3/h5-11,13H,4,12H2,1-3H3. The third-order valence-corrected chi connectivity index (χ3v) is 5.25. The second-order valence-corrected chi connectivity index (χ2v) is 7.02. The van der Waals surface area contributed by atoms with Gasteiger partial charge in [-0.3, -0.25) is 4.79 Å². The number of carbonyl (C=O) groups is 2. The summed E-state index contributed by atoms with van der Waals surface area (Å²) in [5, 5.41) is 2.24. The Hall–Kier alpha value is -3.19. The molecule has 0 radical (unpaired) electrons. The van der Waals surface area contributed by atoms with Gasteiger partial charge >= 0.3 is 5.97 Å². The first-order valence-corrected chi connectivity index (χ1v) is 9.90. The van der Waals surface area contributed by atoms with Crippen LogP contribution in [0.1, 0.15) is 33.3 Å². The predicted molar refractivity (Wildman–Crippen MR) is 111 cm³/mol. The number of hydrogen-bond donors (Lipinski definition) is 0. The summed E-state index contributed by atoms with van der Waals surface area (Å²) in [4.78, 5) is 28.8. The molecule has 0 spiro atoms. The number of benzene rings is 2. The summed E-state index contributed by atoms with van der Waals surface area (Å²) in [7, 11) is 3.12. The van der Waals surface area contributed by atoms with Gasteiger partial charge in [0.15, 0.2) is 29.6 Å². The summed E-state index contributed by atoms with van der Waals surface area (Å²) < 4.78 is 15.7. The first-order chi connectivity index (χ1) is 14.0. The molecule has 0 amide bonds. The van der Waals surface area contributed by atoms with Crippen LogP contribution in [0.2, 0.25) is 0 Å². The number of thiazole rings is 1. The molecule has 0 saturated carbocycles. The van der Waals surface area contributed by atoms with Gasteiger partial charge in [0.1, 0.15) is 5.01 Å². The summed E-state index contributed by atoms with van der Waals surface area (Å²) in [6.45, 7) is 1.72. The molecule has 3 rings (SSSR count). The van der Waals surface area contributed by atoms with Crippen LogP contribution in [0.15, 0.2) is 47.8 Å². The van der Waals surface area contributed by atoms with Gasteiger partial charge in [0, 0.05) is 16.5 Å². The normalized spacial score (nSPS) is 10.4. The van der Waals surface area contributed by atoms with E-state index in [1.807, 2.05) is 25.1 Å². The van der Waals surface area contributed by atoms with Gasteiger partial charge in [-0.15, -0.1) is 11.3 Å². The van der Waals surface area contributed by atoms with E-state index in [0.29, 0.717) is 22.1 Å². The van der Waals surface area contributed by atoms with E-state index in [1.165, 1.54) is 11.3 Å². The smallest absolute Gasteiger partial charge is 0.358 e. The molecule has 0 saturated heterocycles. The lowest BCUT2D eigenvalue weighted by Gasteiger charge is -2.08. The lowest BCUT2D eigenvalue weighted by Crippen LogP contribution is -2.14. The first-order valence-electron chi connectivity index (χ1n) is 9.03. The van der Waals surface area contributed by atoms with E-state index in [0.717, 1.165) is 17.5 Å². The Bertz CT molecular complexity index is 1010. The maximum Gasteiger partial charge on any atom is 0.358 e. The average molecular weight is 411 g/mol. The van der Waals surface area contributed by atoms with E-state index in [4.69, 9.17) is 14.2 Å². The number of carbonyl (C=O) groups excluding carboxylic acids is 2. The molecule has 0 N–H and O–H groups in total. The van der Waals surface area contributed by atoms with Crippen molar-refractivity contribution < 1.29 is 23.8 Å². The van der Waals surface area contributed by atoms with Crippen LogP contribution >= 0.6 is 11.3 Å². The fraction of sp³-hybridized carbons (Fsp3) is 0.227. The largest absolute Gasteiger partial charge is 0.493 e. The van der Waals surface area contributed by atoms with Crippen molar-refractivity contribution in [3.05, 3.63) is 64.7 Å². The number of rotatable bonds is 8. The summed E-state index contributed by atoms with van der Waals surface area (Å²) in [6, 6.07) is 12.7. The van der Waals surface area contributed by atoms with Gasteiger partial charge in [-0.2, -0.15) is 0 Å². The summed E-state index contributed by atoms with van der Waals surface area (Å²) in [5.41, 5.74) is 2.61. The highest BCUT2D eigenvalue weighted by Crippen LogP contribution is 2.33. The zero-order valence-electron chi connectivity index (χ0n) is 16.4. The van der Waals surface area contributed by atoms with Crippen molar-refractivity contribution in [3.63, 3.8) is 0 Å². The molecule has 1 aromatic heterocycles. The third kappa shape index (κ3) is 4.81. The molecule has 0 atom stereocenters. The topological polar surface area (TPSA) is 74.7 Å². The molecule has 1 heterocycles. The number of ketones is 1. The second-order valence-electron chi connectivity index (χ2n) is 6.16. The molecule has 7 heteroatoms. The Morgan fingerprint density at radius 1 is 1.00 bits per heavy atom. The number of methoxy groups -OCH3 is 2. The minimum atomic E-state index is -0.633. The van der Waals surface area contributed by atoms with Gasteiger partial charge in [-0.05, 0) is 30.2 Å². The van der Waals surface area contributed by atoms with Crippen LogP contribution in [-0.4, -0.2) is 37.6 Å². The first kappa shape index (κ1) is 20.5. The lowest BCUT2D eigenvalue weighted by atomic mass is 10.1. The molecule has 6 nitrogen and oxygen atoms in total. The molecule has 150 valence electrons. The van der Waals surface area contributed by atoms with Gasteiger partial charge in [0.05, 0.1) is 14.2 Å². The summed E-state index contributed by atoms with van der Waals surface area (Å²) in [5.74, 6) is 0.296. The molecule has 0 aliphatic carbocycles. The van der Waals surface area contributed by atoms with Crippen LogP contribution in [0.4, 0.5) is 0 Å². The zero-order chi connectivity index (χ0) is 20.8. The minimum absolute atomic E-state index is 0.161. The van der Waals surface area contributed by atoms with E-state index in [1.54, 1.807) is 43.9 Å². The highest BCUT2D eigenvalue weighted by atomic mass is 32.1. The number of esters is 1. The van der Waals surface area contributed by atoms with Gasteiger partial charge in [-0.25, -0.2) is 9.78 Å². The Morgan fingerprint density at radius 2 is 1.72 bits per heavy atom. The fourth-order valence-electron chi connectivity index (χ4n) is 2.68. The highest BCUT2D eigenvalue weighted by molar-refractivity contribution is 7.13. The van der Waals surface area contributed by atoms with E-state index < -0.39 is 5.97 Å². The van der Waals surface area contributed by atoms with Crippen LogP contribution in [0.3, 0.4) is 0 Å². The van der Waals surface area contributed by atoms with E-state index in [9.17, 15) is 9.59 Å². The van der Waals surface area contributed by atoms with Crippen molar-refractivity contribution in [3.8, 4) is 22.1 Å². The lowest BCUT2D eigenvalue weighted by molar-refractivity contribution is 0.0470. The van der Waals surface area contributed by atoms with Crippen molar-refractivity contribution in [1.29, 1.82) is 0 Å². The maximum absolute atomic E-state index is 12.3. The van der Waals surface area contributed by atoms with Crippen molar-refractivity contribution in [2.24, 2.45) is 0 Å². The maximum atomic E-state index is 12.3. The molecular weight excluding hydrogens is 390 g/mol. The Labute approximate surface area is 173 Å². The molecule has 0 unspecified atom stereocenters. The number of Topliss-reactive ketones (excluding diaryl/α,β-unsaturated/α-hetero) is 1. The van der Waals surface area contributed by atoms with E-state index >= 15 is 0 Å². The molecule has 2 aromatic carbocycles.